The molecule has 2 aliphatic rings. The van der Waals surface area contributed by atoms with E-state index >= 15 is 0 Å². The van der Waals surface area contributed by atoms with Crippen LogP contribution in [0.2, 0.25) is 0 Å². The van der Waals surface area contributed by atoms with Crippen molar-refractivity contribution in [1.29, 1.82) is 0 Å². The smallest absolute Gasteiger partial charge is 0.191 e. The lowest BCUT2D eigenvalue weighted by molar-refractivity contribution is -0.00834. The molecule has 0 radical (unpaired) electrons. The van der Waals surface area contributed by atoms with E-state index < -0.39 is 0 Å². The molecule has 3 rings (SSSR count). The standard InChI is InChI=1S/C23H39N5O2.HI/c1-4-24-22(26-19-23(2,3)28-11-15-30-16-12-28)25-17-20-5-7-21(8-6-20)18-27-9-13-29-14-10-27;/h5-8H,4,9-19H2,1-3H3,(H2,24,25,26);1H. The molecule has 0 spiro atoms. The van der Waals surface area contributed by atoms with Crippen molar-refractivity contribution < 1.29 is 9.47 Å². The number of benzene rings is 1. The molecule has 2 fully saturated rings. The van der Waals surface area contributed by atoms with Crippen LogP contribution in [0.1, 0.15) is 31.9 Å². The monoisotopic (exact) mass is 545 g/mol. The lowest BCUT2D eigenvalue weighted by Crippen LogP contribution is -2.56. The van der Waals surface area contributed by atoms with Crippen LogP contribution in [0.25, 0.3) is 0 Å². The van der Waals surface area contributed by atoms with Gasteiger partial charge in [0, 0.05) is 51.4 Å². The molecule has 2 aliphatic heterocycles. The van der Waals surface area contributed by atoms with Crippen LogP contribution in [0.3, 0.4) is 0 Å². The molecule has 7 nitrogen and oxygen atoms in total. The molecule has 0 amide bonds. The molecule has 2 N–H and O–H groups in total. The number of aliphatic imine (C=N–C) groups is 1. The zero-order valence-corrected chi connectivity index (χ0v) is 21.7. The largest absolute Gasteiger partial charge is 0.379 e. The van der Waals surface area contributed by atoms with Gasteiger partial charge in [0.2, 0.25) is 0 Å². The summed E-state index contributed by atoms with van der Waals surface area (Å²) in [5.74, 6) is 0.872. The number of nitrogens with zero attached hydrogens (tertiary/aromatic N) is 3. The van der Waals surface area contributed by atoms with Gasteiger partial charge in [-0.1, -0.05) is 24.3 Å². The molecule has 0 unspecified atom stereocenters. The molecule has 0 saturated carbocycles. The van der Waals surface area contributed by atoms with Gasteiger partial charge < -0.3 is 20.1 Å². The molecule has 0 aliphatic carbocycles. The van der Waals surface area contributed by atoms with E-state index in [2.05, 4.69) is 65.5 Å². The summed E-state index contributed by atoms with van der Waals surface area (Å²) in [4.78, 5) is 9.73. The van der Waals surface area contributed by atoms with E-state index in [0.717, 1.165) is 78.2 Å². The van der Waals surface area contributed by atoms with Crippen LogP contribution in [0.4, 0.5) is 0 Å². The molecule has 2 heterocycles. The van der Waals surface area contributed by atoms with Crippen LogP contribution in [0, 0.1) is 0 Å². The lowest BCUT2D eigenvalue weighted by atomic mass is 10.0. The van der Waals surface area contributed by atoms with Gasteiger partial charge in [0.15, 0.2) is 5.96 Å². The highest BCUT2D eigenvalue weighted by Crippen LogP contribution is 2.15. The van der Waals surface area contributed by atoms with Crippen molar-refractivity contribution in [3.05, 3.63) is 35.4 Å². The Balaban J connectivity index is 0.00000341. The van der Waals surface area contributed by atoms with E-state index in [-0.39, 0.29) is 29.5 Å². The molecular weight excluding hydrogens is 505 g/mol. The van der Waals surface area contributed by atoms with Gasteiger partial charge in [-0.25, -0.2) is 4.99 Å². The summed E-state index contributed by atoms with van der Waals surface area (Å²) in [7, 11) is 0. The fourth-order valence-electron chi connectivity index (χ4n) is 3.86. The fraction of sp³-hybridized carbons (Fsp3) is 0.696. The number of hydrogen-bond acceptors (Lipinski definition) is 5. The number of halogens is 1. The predicted octanol–water partition coefficient (Wildman–Crippen LogP) is 2.30. The Kier molecular flexibility index (Phi) is 11.5. The van der Waals surface area contributed by atoms with Gasteiger partial charge in [0.1, 0.15) is 0 Å². The number of ether oxygens (including phenoxy) is 2. The normalized spacial score (nSPS) is 19.0. The summed E-state index contributed by atoms with van der Waals surface area (Å²) in [6.07, 6.45) is 0. The number of nitrogens with one attached hydrogen (secondary N) is 2. The first-order valence-electron chi connectivity index (χ1n) is 11.3. The molecule has 1 aromatic rings. The molecule has 2 saturated heterocycles. The minimum absolute atomic E-state index is 0. The van der Waals surface area contributed by atoms with E-state index in [1.165, 1.54) is 11.1 Å². The molecule has 8 heteroatoms. The first-order chi connectivity index (χ1) is 14.6. The minimum atomic E-state index is 0. The number of guanidine groups is 1. The van der Waals surface area contributed by atoms with Crippen molar-refractivity contribution in [3.63, 3.8) is 0 Å². The predicted molar refractivity (Wildman–Crippen MR) is 137 cm³/mol. The van der Waals surface area contributed by atoms with E-state index in [0.29, 0.717) is 6.54 Å². The van der Waals surface area contributed by atoms with Crippen LogP contribution >= 0.6 is 24.0 Å². The first-order valence-corrected chi connectivity index (χ1v) is 11.3. The Morgan fingerprint density at radius 1 is 0.935 bits per heavy atom. The van der Waals surface area contributed by atoms with Crippen molar-refractivity contribution in [2.45, 2.75) is 39.4 Å². The van der Waals surface area contributed by atoms with Gasteiger partial charge in [0.05, 0.1) is 33.0 Å². The molecule has 31 heavy (non-hydrogen) atoms. The van der Waals surface area contributed by atoms with Crippen molar-refractivity contribution in [3.8, 4) is 0 Å². The van der Waals surface area contributed by atoms with Crippen molar-refractivity contribution in [1.82, 2.24) is 20.4 Å². The number of morpholine rings is 2. The van der Waals surface area contributed by atoms with Gasteiger partial charge in [0.25, 0.3) is 0 Å². The van der Waals surface area contributed by atoms with Gasteiger partial charge in [-0.2, -0.15) is 0 Å². The van der Waals surface area contributed by atoms with Gasteiger partial charge in [-0.05, 0) is 31.9 Å². The molecule has 0 aromatic heterocycles. The van der Waals surface area contributed by atoms with Crippen LogP contribution in [-0.2, 0) is 22.6 Å². The second kappa shape index (κ2) is 13.6. The lowest BCUT2D eigenvalue weighted by Gasteiger charge is -2.41. The SMILES string of the molecule is CCNC(=NCc1ccc(CN2CCOCC2)cc1)NCC(C)(C)N1CCOCC1.I. The van der Waals surface area contributed by atoms with Crippen molar-refractivity contribution >= 4 is 29.9 Å². The maximum absolute atomic E-state index is 5.49. The highest BCUT2D eigenvalue weighted by atomic mass is 127. The number of hydrogen-bond donors (Lipinski definition) is 2. The zero-order chi connectivity index (χ0) is 21.2. The fourth-order valence-corrected chi connectivity index (χ4v) is 3.86. The Morgan fingerprint density at radius 2 is 1.52 bits per heavy atom. The highest BCUT2D eigenvalue weighted by molar-refractivity contribution is 14.0. The summed E-state index contributed by atoms with van der Waals surface area (Å²) in [5.41, 5.74) is 2.63. The number of rotatable bonds is 8. The molecule has 176 valence electrons. The maximum atomic E-state index is 5.49. The van der Waals surface area contributed by atoms with Gasteiger partial charge in [-0.3, -0.25) is 9.80 Å². The van der Waals surface area contributed by atoms with E-state index in [1.54, 1.807) is 0 Å². The zero-order valence-electron chi connectivity index (χ0n) is 19.4. The summed E-state index contributed by atoms with van der Waals surface area (Å²) >= 11 is 0. The summed E-state index contributed by atoms with van der Waals surface area (Å²) in [6, 6.07) is 8.84. The molecular formula is C23H40IN5O2. The Morgan fingerprint density at radius 3 is 2.13 bits per heavy atom. The van der Waals surface area contributed by atoms with Gasteiger partial charge >= 0.3 is 0 Å². The van der Waals surface area contributed by atoms with Crippen LogP contribution in [0.15, 0.2) is 29.3 Å². The maximum Gasteiger partial charge on any atom is 0.191 e. The molecule has 1 aromatic carbocycles. The quantitative estimate of drug-likeness (QED) is 0.297. The molecule has 0 atom stereocenters. The summed E-state index contributed by atoms with van der Waals surface area (Å²) in [6.45, 7) is 17.4. The topological polar surface area (TPSA) is 61.4 Å². The highest BCUT2D eigenvalue weighted by Gasteiger charge is 2.28. The van der Waals surface area contributed by atoms with E-state index in [1.807, 2.05) is 0 Å². The summed E-state index contributed by atoms with van der Waals surface area (Å²) in [5, 5.41) is 6.90. The second-order valence-electron chi connectivity index (χ2n) is 8.67. The average molecular weight is 546 g/mol. The first kappa shape index (κ1) is 26.3. The van der Waals surface area contributed by atoms with Gasteiger partial charge in [-0.15, -0.1) is 24.0 Å². The minimum Gasteiger partial charge on any atom is -0.379 e. The van der Waals surface area contributed by atoms with Crippen LogP contribution in [-0.4, -0.2) is 87.0 Å². The molecule has 0 bridgehead atoms. The third-order valence-corrected chi connectivity index (χ3v) is 5.85. The Bertz CT molecular complexity index is 656. The van der Waals surface area contributed by atoms with Crippen molar-refractivity contribution in [2.75, 3.05) is 65.7 Å². The Labute approximate surface area is 205 Å². The average Bonchev–Trinajstić information content (AvgIpc) is 2.78. The Hall–Kier alpha value is -0.940. The second-order valence-corrected chi connectivity index (χ2v) is 8.67. The van der Waals surface area contributed by atoms with Crippen molar-refractivity contribution in [2.24, 2.45) is 4.99 Å². The van der Waals surface area contributed by atoms with Crippen LogP contribution < -0.4 is 10.6 Å². The van der Waals surface area contributed by atoms with Crippen LogP contribution in [0.5, 0.6) is 0 Å². The third kappa shape index (κ3) is 8.84. The van der Waals surface area contributed by atoms with E-state index in [4.69, 9.17) is 14.5 Å². The third-order valence-electron chi connectivity index (χ3n) is 5.85. The summed E-state index contributed by atoms with van der Waals surface area (Å²) < 4.78 is 10.9. The van der Waals surface area contributed by atoms with E-state index in [9.17, 15) is 0 Å².